The third kappa shape index (κ3) is 3.55. The van der Waals surface area contributed by atoms with Crippen LogP contribution in [0.15, 0.2) is 24.3 Å². The van der Waals surface area contributed by atoms with E-state index in [4.69, 9.17) is 10.5 Å². The lowest BCUT2D eigenvalue weighted by atomic mass is 10.0. The van der Waals surface area contributed by atoms with Crippen molar-refractivity contribution in [2.45, 2.75) is 32.4 Å². The lowest BCUT2D eigenvalue weighted by Gasteiger charge is -2.25. The van der Waals surface area contributed by atoms with Gasteiger partial charge in [-0.3, -0.25) is 4.79 Å². The molecule has 1 aliphatic rings. The van der Waals surface area contributed by atoms with E-state index in [2.05, 4.69) is 0 Å². The summed E-state index contributed by atoms with van der Waals surface area (Å²) in [5.41, 5.74) is 8.12. The normalized spacial score (nSPS) is 21.8. The van der Waals surface area contributed by atoms with Gasteiger partial charge >= 0.3 is 0 Å². The average Bonchev–Trinajstić information content (AvgIpc) is 2.62. The van der Waals surface area contributed by atoms with Crippen LogP contribution < -0.4 is 5.73 Å². The Balaban J connectivity index is 2.07. The molecule has 0 radical (unpaired) electrons. The minimum atomic E-state index is -0.578. The van der Waals surface area contributed by atoms with Crippen molar-refractivity contribution in [3.8, 4) is 0 Å². The average molecular weight is 262 g/mol. The zero-order chi connectivity index (χ0) is 13.8. The van der Waals surface area contributed by atoms with Gasteiger partial charge in [-0.2, -0.15) is 0 Å². The summed E-state index contributed by atoms with van der Waals surface area (Å²) in [4.78, 5) is 14.2. The van der Waals surface area contributed by atoms with E-state index >= 15 is 0 Å². The van der Waals surface area contributed by atoms with E-state index in [0.29, 0.717) is 13.2 Å². The molecule has 1 aliphatic heterocycles. The Labute approximate surface area is 114 Å². The fourth-order valence-electron chi connectivity index (χ4n) is 2.31. The fourth-order valence-corrected chi connectivity index (χ4v) is 2.31. The lowest BCUT2D eigenvalue weighted by Crippen LogP contribution is -2.41. The molecule has 0 bridgehead atoms. The largest absolute Gasteiger partial charge is 0.377 e. The summed E-state index contributed by atoms with van der Waals surface area (Å²) >= 11 is 0. The summed E-state index contributed by atoms with van der Waals surface area (Å²) in [7, 11) is 0. The molecule has 104 valence electrons. The molecule has 2 atom stereocenters. The van der Waals surface area contributed by atoms with E-state index < -0.39 is 6.04 Å². The van der Waals surface area contributed by atoms with Gasteiger partial charge in [-0.15, -0.1) is 0 Å². The summed E-state index contributed by atoms with van der Waals surface area (Å²) in [5, 5.41) is 0. The summed E-state index contributed by atoms with van der Waals surface area (Å²) in [6.07, 6.45) is 0.952. The number of carbonyl (C=O) groups is 1. The van der Waals surface area contributed by atoms with Crippen molar-refractivity contribution in [1.82, 2.24) is 4.90 Å². The number of hydrogen-bond donors (Lipinski definition) is 1. The molecule has 1 aromatic carbocycles. The second-order valence-electron chi connectivity index (χ2n) is 5.21. The van der Waals surface area contributed by atoms with Crippen molar-refractivity contribution in [3.05, 3.63) is 35.4 Å². The zero-order valence-corrected chi connectivity index (χ0v) is 11.6. The summed E-state index contributed by atoms with van der Waals surface area (Å²) in [6, 6.07) is 7.24. The topological polar surface area (TPSA) is 55.6 Å². The van der Waals surface area contributed by atoms with Crippen LogP contribution in [-0.2, 0) is 9.53 Å². The van der Waals surface area contributed by atoms with Crippen molar-refractivity contribution in [2.24, 2.45) is 5.73 Å². The maximum absolute atomic E-state index is 12.4. The first kappa shape index (κ1) is 14.0. The van der Waals surface area contributed by atoms with Gasteiger partial charge in [0.25, 0.3) is 0 Å². The molecule has 0 saturated carbocycles. The Morgan fingerprint density at radius 2 is 2.11 bits per heavy atom. The molecular formula is C15H22N2O2. The van der Waals surface area contributed by atoms with Gasteiger partial charge in [0, 0.05) is 19.7 Å². The molecule has 2 unspecified atom stereocenters. The monoisotopic (exact) mass is 262 g/mol. The SMILES string of the molecule is Cc1ccc(C(N)C(=O)N2CCCOC(C)C2)cc1. The first-order valence-corrected chi connectivity index (χ1v) is 6.80. The molecule has 1 fully saturated rings. The van der Waals surface area contributed by atoms with Gasteiger partial charge < -0.3 is 15.4 Å². The van der Waals surface area contributed by atoms with Gasteiger partial charge in [0.15, 0.2) is 0 Å². The van der Waals surface area contributed by atoms with Crippen molar-refractivity contribution in [3.63, 3.8) is 0 Å². The first-order chi connectivity index (χ1) is 9.08. The minimum Gasteiger partial charge on any atom is -0.377 e. The molecule has 0 spiro atoms. The molecule has 1 saturated heterocycles. The number of benzene rings is 1. The first-order valence-electron chi connectivity index (χ1n) is 6.80. The minimum absolute atomic E-state index is 0.0128. The molecule has 4 nitrogen and oxygen atoms in total. The van der Waals surface area contributed by atoms with Gasteiger partial charge in [0.2, 0.25) is 5.91 Å². The highest BCUT2D eigenvalue weighted by atomic mass is 16.5. The van der Waals surface area contributed by atoms with Gasteiger partial charge in [-0.05, 0) is 25.8 Å². The molecule has 4 heteroatoms. The van der Waals surface area contributed by atoms with Crippen LogP contribution >= 0.6 is 0 Å². The third-order valence-corrected chi connectivity index (χ3v) is 3.47. The summed E-state index contributed by atoms with van der Waals surface area (Å²) in [5.74, 6) is -0.0128. The van der Waals surface area contributed by atoms with Crippen LogP contribution in [0.25, 0.3) is 0 Å². The van der Waals surface area contributed by atoms with E-state index in [-0.39, 0.29) is 12.0 Å². The number of carbonyl (C=O) groups excluding carboxylic acids is 1. The number of nitrogens with two attached hydrogens (primary N) is 1. The van der Waals surface area contributed by atoms with Crippen molar-refractivity contribution < 1.29 is 9.53 Å². The predicted octanol–water partition coefficient (Wildman–Crippen LogP) is 1.63. The predicted molar refractivity (Wildman–Crippen MR) is 74.7 cm³/mol. The van der Waals surface area contributed by atoms with Crippen LogP contribution in [0.2, 0.25) is 0 Å². The molecule has 1 heterocycles. The quantitative estimate of drug-likeness (QED) is 0.881. The second kappa shape index (κ2) is 6.17. The molecule has 2 rings (SSSR count). The van der Waals surface area contributed by atoms with Crippen molar-refractivity contribution in [1.29, 1.82) is 0 Å². The van der Waals surface area contributed by atoms with Crippen LogP contribution in [0.4, 0.5) is 0 Å². The van der Waals surface area contributed by atoms with Crippen LogP contribution in [0.5, 0.6) is 0 Å². The van der Waals surface area contributed by atoms with Gasteiger partial charge in [-0.1, -0.05) is 29.8 Å². The summed E-state index contributed by atoms with van der Waals surface area (Å²) < 4.78 is 5.55. The van der Waals surface area contributed by atoms with Crippen LogP contribution in [0.3, 0.4) is 0 Å². The number of amides is 1. The standard InChI is InChI=1S/C15H22N2O2/c1-11-4-6-13(7-5-11)14(16)15(18)17-8-3-9-19-12(2)10-17/h4-7,12,14H,3,8-10,16H2,1-2H3. The Morgan fingerprint density at radius 3 is 2.79 bits per heavy atom. The van der Waals surface area contributed by atoms with Crippen molar-refractivity contribution in [2.75, 3.05) is 19.7 Å². The molecule has 0 aromatic heterocycles. The smallest absolute Gasteiger partial charge is 0.244 e. The molecule has 0 aliphatic carbocycles. The Morgan fingerprint density at radius 1 is 1.42 bits per heavy atom. The van der Waals surface area contributed by atoms with E-state index in [1.54, 1.807) is 0 Å². The van der Waals surface area contributed by atoms with E-state index in [0.717, 1.165) is 18.5 Å². The highest BCUT2D eigenvalue weighted by Crippen LogP contribution is 2.16. The zero-order valence-electron chi connectivity index (χ0n) is 11.6. The van der Waals surface area contributed by atoms with Crippen LogP contribution in [0, 0.1) is 6.92 Å². The third-order valence-electron chi connectivity index (χ3n) is 3.47. The number of aryl methyl sites for hydroxylation is 1. The maximum atomic E-state index is 12.4. The number of ether oxygens (including phenoxy) is 1. The Bertz CT molecular complexity index is 430. The Hall–Kier alpha value is -1.39. The fraction of sp³-hybridized carbons (Fsp3) is 0.533. The van der Waals surface area contributed by atoms with Gasteiger partial charge in [0.05, 0.1) is 6.10 Å². The lowest BCUT2D eigenvalue weighted by molar-refractivity contribution is -0.133. The molecule has 2 N–H and O–H groups in total. The van der Waals surface area contributed by atoms with Crippen molar-refractivity contribution >= 4 is 5.91 Å². The van der Waals surface area contributed by atoms with Crippen LogP contribution in [0.1, 0.15) is 30.5 Å². The number of rotatable bonds is 2. The van der Waals surface area contributed by atoms with E-state index in [9.17, 15) is 4.79 Å². The molecule has 19 heavy (non-hydrogen) atoms. The van der Waals surface area contributed by atoms with Gasteiger partial charge in [-0.25, -0.2) is 0 Å². The molecule has 1 amide bonds. The number of hydrogen-bond acceptors (Lipinski definition) is 3. The molecule has 1 aromatic rings. The second-order valence-corrected chi connectivity index (χ2v) is 5.21. The Kier molecular flexibility index (Phi) is 4.56. The maximum Gasteiger partial charge on any atom is 0.244 e. The van der Waals surface area contributed by atoms with Gasteiger partial charge in [0.1, 0.15) is 6.04 Å². The van der Waals surface area contributed by atoms with Crippen LogP contribution in [-0.4, -0.2) is 36.6 Å². The summed E-state index contributed by atoms with van der Waals surface area (Å²) in [6.45, 7) is 6.07. The number of nitrogens with zero attached hydrogens (tertiary/aromatic N) is 1. The highest BCUT2D eigenvalue weighted by Gasteiger charge is 2.25. The molecular weight excluding hydrogens is 240 g/mol. The van der Waals surface area contributed by atoms with E-state index in [1.165, 1.54) is 5.56 Å². The highest BCUT2D eigenvalue weighted by molar-refractivity contribution is 5.83. The van der Waals surface area contributed by atoms with E-state index in [1.807, 2.05) is 43.0 Å².